The van der Waals surface area contributed by atoms with Gasteiger partial charge in [-0.25, -0.2) is 0 Å². The topological polar surface area (TPSA) is 18.5 Å². The van der Waals surface area contributed by atoms with Gasteiger partial charge in [-0.15, -0.1) is 0 Å². The Hall–Kier alpha value is -0.0800. The third-order valence-electron chi connectivity index (χ3n) is 2.77. The average Bonchev–Trinajstić information content (AvgIpc) is 2.43. The Bertz CT molecular complexity index is 141. The fraction of sp³-hybridized carbons (Fsp3) is 1.00. The highest BCUT2D eigenvalue weighted by molar-refractivity contribution is 4.81. The summed E-state index contributed by atoms with van der Waals surface area (Å²) in [5.41, 5.74) is 0. The molecule has 1 rings (SSSR count). The molecule has 12 heavy (non-hydrogen) atoms. The van der Waals surface area contributed by atoms with Gasteiger partial charge in [-0.2, -0.15) is 0 Å². The normalized spacial score (nSPS) is 34.0. The minimum absolute atomic E-state index is 0.259. The van der Waals surface area contributed by atoms with Crippen LogP contribution in [0.15, 0.2) is 0 Å². The van der Waals surface area contributed by atoms with Gasteiger partial charge in [0.15, 0.2) is 5.79 Å². The zero-order chi connectivity index (χ0) is 9.19. The lowest BCUT2D eigenvalue weighted by Gasteiger charge is -2.24. The van der Waals surface area contributed by atoms with Crippen LogP contribution in [0.25, 0.3) is 0 Å². The van der Waals surface area contributed by atoms with Crippen LogP contribution < -0.4 is 0 Å². The van der Waals surface area contributed by atoms with Gasteiger partial charge in [0.1, 0.15) is 0 Å². The summed E-state index contributed by atoms with van der Waals surface area (Å²) in [6.07, 6.45) is 3.50. The molecule has 1 saturated heterocycles. The molecule has 0 aromatic rings. The van der Waals surface area contributed by atoms with Crippen molar-refractivity contribution in [1.82, 2.24) is 0 Å². The Morgan fingerprint density at radius 2 is 1.67 bits per heavy atom. The lowest BCUT2D eigenvalue weighted by atomic mass is 10.1. The molecule has 0 radical (unpaired) electrons. The lowest BCUT2D eigenvalue weighted by molar-refractivity contribution is -0.178. The molecule has 0 aromatic heterocycles. The first kappa shape index (κ1) is 10.0. The molecule has 0 bridgehead atoms. The van der Waals surface area contributed by atoms with Gasteiger partial charge in [0.05, 0.1) is 12.2 Å². The van der Waals surface area contributed by atoms with Crippen LogP contribution in [0.2, 0.25) is 0 Å². The summed E-state index contributed by atoms with van der Waals surface area (Å²) in [7, 11) is 0. The van der Waals surface area contributed by atoms with Crippen LogP contribution in [0.1, 0.15) is 47.0 Å². The quantitative estimate of drug-likeness (QED) is 0.651. The van der Waals surface area contributed by atoms with Gasteiger partial charge < -0.3 is 9.47 Å². The van der Waals surface area contributed by atoms with Crippen LogP contribution in [0.3, 0.4) is 0 Å². The fourth-order valence-electron chi connectivity index (χ4n) is 1.81. The fourth-order valence-corrected chi connectivity index (χ4v) is 1.81. The van der Waals surface area contributed by atoms with Gasteiger partial charge in [-0.3, -0.25) is 0 Å². The molecule has 2 nitrogen and oxygen atoms in total. The molecule has 72 valence electrons. The van der Waals surface area contributed by atoms with Gasteiger partial charge in [-0.05, 0) is 26.2 Å². The van der Waals surface area contributed by atoms with E-state index in [1.807, 2.05) is 0 Å². The van der Waals surface area contributed by atoms with Crippen molar-refractivity contribution in [3.8, 4) is 0 Å². The molecule has 1 heterocycles. The molecule has 1 aliphatic heterocycles. The summed E-state index contributed by atoms with van der Waals surface area (Å²) in [6.45, 7) is 8.48. The second-order valence-electron chi connectivity index (χ2n) is 3.51. The Balaban J connectivity index is 2.61. The Labute approximate surface area is 75.2 Å². The number of hydrogen-bond acceptors (Lipinski definition) is 2. The number of hydrogen-bond donors (Lipinski definition) is 0. The zero-order valence-corrected chi connectivity index (χ0v) is 8.59. The van der Waals surface area contributed by atoms with E-state index < -0.39 is 0 Å². The summed E-state index contributed by atoms with van der Waals surface area (Å²) >= 11 is 0. The van der Waals surface area contributed by atoms with Crippen LogP contribution in [0.5, 0.6) is 0 Å². The van der Waals surface area contributed by atoms with E-state index in [0.29, 0.717) is 6.10 Å². The van der Waals surface area contributed by atoms with Crippen molar-refractivity contribution in [1.29, 1.82) is 0 Å². The Kier molecular flexibility index (Phi) is 3.13. The predicted octanol–water partition coefficient (Wildman–Crippen LogP) is 2.72. The van der Waals surface area contributed by atoms with Crippen LogP contribution in [0.4, 0.5) is 0 Å². The third kappa shape index (κ3) is 1.64. The second-order valence-corrected chi connectivity index (χ2v) is 3.51. The highest BCUT2D eigenvalue weighted by Gasteiger charge is 2.42. The van der Waals surface area contributed by atoms with Crippen LogP contribution in [-0.4, -0.2) is 18.0 Å². The van der Waals surface area contributed by atoms with Crippen molar-refractivity contribution in [2.24, 2.45) is 0 Å². The van der Waals surface area contributed by atoms with E-state index in [0.717, 1.165) is 19.3 Å². The Morgan fingerprint density at radius 3 is 1.92 bits per heavy atom. The predicted molar refractivity (Wildman–Crippen MR) is 49.0 cm³/mol. The smallest absolute Gasteiger partial charge is 0.168 e. The molecule has 0 unspecified atom stereocenters. The minimum atomic E-state index is -0.278. The molecule has 0 spiro atoms. The first-order chi connectivity index (χ1) is 5.67. The van der Waals surface area contributed by atoms with Crippen LogP contribution >= 0.6 is 0 Å². The van der Waals surface area contributed by atoms with Crippen LogP contribution in [-0.2, 0) is 9.47 Å². The molecule has 1 aliphatic rings. The van der Waals surface area contributed by atoms with E-state index in [9.17, 15) is 0 Å². The van der Waals surface area contributed by atoms with Gasteiger partial charge in [0.2, 0.25) is 0 Å². The first-order valence-corrected chi connectivity index (χ1v) is 5.03. The second kappa shape index (κ2) is 3.75. The lowest BCUT2D eigenvalue weighted by Crippen LogP contribution is -2.28. The summed E-state index contributed by atoms with van der Waals surface area (Å²) < 4.78 is 11.7. The van der Waals surface area contributed by atoms with Gasteiger partial charge in [0, 0.05) is 0 Å². The standard InChI is InChI=1S/C10H20O2/c1-5-9-8(4)11-10(6-2,7-3)12-9/h8-9H,5-7H2,1-4H3/t8-,9-/m1/s1. The summed E-state index contributed by atoms with van der Waals surface area (Å²) in [4.78, 5) is 0. The summed E-state index contributed by atoms with van der Waals surface area (Å²) in [5.74, 6) is -0.278. The number of rotatable bonds is 3. The largest absolute Gasteiger partial charge is 0.344 e. The van der Waals surface area contributed by atoms with E-state index in [2.05, 4.69) is 27.7 Å². The van der Waals surface area contributed by atoms with Crippen molar-refractivity contribution >= 4 is 0 Å². The molecule has 0 aromatic carbocycles. The molecule has 0 saturated carbocycles. The maximum atomic E-state index is 5.89. The van der Waals surface area contributed by atoms with Crippen LogP contribution in [0, 0.1) is 0 Å². The minimum Gasteiger partial charge on any atom is -0.344 e. The van der Waals surface area contributed by atoms with Crippen molar-refractivity contribution < 1.29 is 9.47 Å². The van der Waals surface area contributed by atoms with Crippen molar-refractivity contribution in [3.63, 3.8) is 0 Å². The van der Waals surface area contributed by atoms with E-state index in [1.54, 1.807) is 0 Å². The molecule has 0 amide bonds. The molecule has 2 atom stereocenters. The van der Waals surface area contributed by atoms with E-state index in [4.69, 9.17) is 9.47 Å². The van der Waals surface area contributed by atoms with Gasteiger partial charge >= 0.3 is 0 Å². The first-order valence-electron chi connectivity index (χ1n) is 5.03. The highest BCUT2D eigenvalue weighted by Crippen LogP contribution is 2.35. The molecular formula is C10H20O2. The van der Waals surface area contributed by atoms with Crippen molar-refractivity contribution in [2.75, 3.05) is 0 Å². The SMILES string of the molecule is CC[C@H]1OC(CC)(CC)O[C@@H]1C. The van der Waals surface area contributed by atoms with E-state index in [-0.39, 0.29) is 11.9 Å². The van der Waals surface area contributed by atoms with E-state index >= 15 is 0 Å². The molecule has 1 fully saturated rings. The van der Waals surface area contributed by atoms with Gasteiger partial charge in [-0.1, -0.05) is 20.8 Å². The third-order valence-corrected chi connectivity index (χ3v) is 2.77. The monoisotopic (exact) mass is 172 g/mol. The maximum absolute atomic E-state index is 5.89. The Morgan fingerprint density at radius 1 is 1.08 bits per heavy atom. The molecule has 0 N–H and O–H groups in total. The summed E-state index contributed by atoms with van der Waals surface area (Å²) in [6, 6.07) is 0. The molecular weight excluding hydrogens is 152 g/mol. The van der Waals surface area contributed by atoms with Crippen molar-refractivity contribution in [3.05, 3.63) is 0 Å². The molecule has 0 aliphatic carbocycles. The maximum Gasteiger partial charge on any atom is 0.168 e. The van der Waals surface area contributed by atoms with Gasteiger partial charge in [0.25, 0.3) is 0 Å². The zero-order valence-electron chi connectivity index (χ0n) is 8.59. The molecule has 2 heteroatoms. The summed E-state index contributed by atoms with van der Waals surface area (Å²) in [5, 5.41) is 0. The highest BCUT2D eigenvalue weighted by atomic mass is 16.8. The number of ether oxygens (including phenoxy) is 2. The van der Waals surface area contributed by atoms with E-state index in [1.165, 1.54) is 0 Å². The average molecular weight is 172 g/mol. The van der Waals surface area contributed by atoms with Crippen molar-refractivity contribution in [2.45, 2.75) is 65.0 Å².